The van der Waals surface area contributed by atoms with E-state index in [0.717, 1.165) is 40.2 Å². The first kappa shape index (κ1) is 24.2. The van der Waals surface area contributed by atoms with Crippen LogP contribution in [0.15, 0.2) is 59.6 Å². The molecule has 0 aliphatic carbocycles. The standard InChI is InChI=1S/C27H29N3O2S2/c1-5-29-26(31)24(34-27(29)33)16-21-17-30(22-9-7-6-8-10-22)28-25(21)20-11-12-23(19(4)15-20)32-14-13-18(2)3/h6-12,15-18H,5,13-14H2,1-4H3/b24-16-. The number of carbonyl (C=O) groups is 1. The maximum Gasteiger partial charge on any atom is 0.266 e. The smallest absolute Gasteiger partial charge is 0.266 e. The molecule has 1 aromatic heterocycles. The van der Waals surface area contributed by atoms with Crippen molar-refractivity contribution in [2.75, 3.05) is 13.2 Å². The average molecular weight is 492 g/mol. The third-order valence-electron chi connectivity index (χ3n) is 5.64. The lowest BCUT2D eigenvalue weighted by Crippen LogP contribution is -2.27. The zero-order valence-corrected chi connectivity index (χ0v) is 21.6. The predicted molar refractivity (Wildman–Crippen MR) is 144 cm³/mol. The number of benzene rings is 2. The van der Waals surface area contributed by atoms with E-state index in [2.05, 4.69) is 26.8 Å². The van der Waals surface area contributed by atoms with Gasteiger partial charge in [-0.3, -0.25) is 9.69 Å². The highest BCUT2D eigenvalue weighted by Crippen LogP contribution is 2.35. The Morgan fingerprint density at radius 1 is 1.18 bits per heavy atom. The number of carbonyl (C=O) groups excluding carboxylic acids is 1. The van der Waals surface area contributed by atoms with Crippen molar-refractivity contribution in [1.82, 2.24) is 14.7 Å². The Balaban J connectivity index is 1.72. The van der Waals surface area contributed by atoms with Gasteiger partial charge in [0, 0.05) is 23.9 Å². The number of hydrogen-bond acceptors (Lipinski definition) is 5. The van der Waals surface area contributed by atoms with Crippen LogP contribution in [0.2, 0.25) is 0 Å². The van der Waals surface area contributed by atoms with Crippen molar-refractivity contribution in [2.45, 2.75) is 34.1 Å². The summed E-state index contributed by atoms with van der Waals surface area (Å²) in [6.45, 7) is 9.63. The molecule has 2 heterocycles. The van der Waals surface area contributed by atoms with E-state index in [9.17, 15) is 4.79 Å². The highest BCUT2D eigenvalue weighted by atomic mass is 32.2. The van der Waals surface area contributed by atoms with Crippen molar-refractivity contribution in [2.24, 2.45) is 5.92 Å². The average Bonchev–Trinajstić information content (AvgIpc) is 3.35. The number of likely N-dealkylation sites (N-methyl/N-ethyl adjacent to an activating group) is 1. The van der Waals surface area contributed by atoms with Crippen molar-refractivity contribution in [3.05, 3.63) is 70.8 Å². The molecule has 7 heteroatoms. The first-order valence-corrected chi connectivity index (χ1v) is 12.7. The second-order valence-corrected chi connectivity index (χ2v) is 10.3. The maximum atomic E-state index is 12.8. The predicted octanol–water partition coefficient (Wildman–Crippen LogP) is 6.49. The third kappa shape index (κ3) is 5.26. The summed E-state index contributed by atoms with van der Waals surface area (Å²) >= 11 is 6.73. The van der Waals surface area contributed by atoms with Gasteiger partial charge >= 0.3 is 0 Å². The highest BCUT2D eigenvalue weighted by molar-refractivity contribution is 8.26. The van der Waals surface area contributed by atoms with Gasteiger partial charge < -0.3 is 4.74 Å². The van der Waals surface area contributed by atoms with Crippen molar-refractivity contribution in [3.8, 4) is 22.7 Å². The lowest BCUT2D eigenvalue weighted by atomic mass is 10.0. The van der Waals surface area contributed by atoms with Crippen LogP contribution in [-0.4, -0.2) is 38.1 Å². The zero-order valence-electron chi connectivity index (χ0n) is 19.9. The summed E-state index contributed by atoms with van der Waals surface area (Å²) in [4.78, 5) is 15.1. The quantitative estimate of drug-likeness (QED) is 0.266. The van der Waals surface area contributed by atoms with Crippen LogP contribution >= 0.6 is 24.0 Å². The minimum Gasteiger partial charge on any atom is -0.493 e. The van der Waals surface area contributed by atoms with Gasteiger partial charge in [-0.05, 0) is 68.2 Å². The van der Waals surface area contributed by atoms with Crippen LogP contribution in [0.4, 0.5) is 0 Å². The molecule has 5 nitrogen and oxygen atoms in total. The van der Waals surface area contributed by atoms with Gasteiger partial charge in [-0.25, -0.2) is 4.68 Å². The zero-order chi connectivity index (χ0) is 24.2. The van der Waals surface area contributed by atoms with Crippen LogP contribution in [0.5, 0.6) is 5.75 Å². The molecule has 0 radical (unpaired) electrons. The van der Waals surface area contributed by atoms with E-state index in [-0.39, 0.29) is 5.91 Å². The van der Waals surface area contributed by atoms with E-state index in [1.165, 1.54) is 11.8 Å². The van der Waals surface area contributed by atoms with Gasteiger partial charge in [-0.1, -0.05) is 56.0 Å². The summed E-state index contributed by atoms with van der Waals surface area (Å²) in [5.41, 5.74) is 4.66. The van der Waals surface area contributed by atoms with Crippen molar-refractivity contribution >= 4 is 40.3 Å². The fourth-order valence-electron chi connectivity index (χ4n) is 3.71. The summed E-state index contributed by atoms with van der Waals surface area (Å²) < 4.78 is 8.44. The Labute approximate surface area is 210 Å². The molecule has 1 aliphatic rings. The van der Waals surface area contributed by atoms with E-state index in [1.54, 1.807) is 4.90 Å². The number of thioether (sulfide) groups is 1. The molecule has 1 saturated heterocycles. The highest BCUT2D eigenvalue weighted by Gasteiger charge is 2.31. The number of rotatable bonds is 8. The number of para-hydroxylation sites is 1. The minimum atomic E-state index is -0.0546. The third-order valence-corrected chi connectivity index (χ3v) is 7.02. The SMILES string of the molecule is CCN1C(=O)/C(=C/c2cn(-c3ccccc3)nc2-c2ccc(OCCC(C)C)c(C)c2)SC1=S. The normalized spacial score (nSPS) is 15.1. The molecular formula is C27H29N3O2S2. The number of thiocarbonyl (C=S) groups is 1. The van der Waals surface area contributed by atoms with Gasteiger partial charge in [0.1, 0.15) is 15.8 Å². The summed E-state index contributed by atoms with van der Waals surface area (Å²) in [5, 5.41) is 4.90. The molecule has 3 aromatic rings. The Hall–Kier alpha value is -2.90. The fourth-order valence-corrected chi connectivity index (χ4v) is 5.08. The van der Waals surface area contributed by atoms with Crippen LogP contribution < -0.4 is 4.74 Å². The van der Waals surface area contributed by atoms with Gasteiger partial charge in [0.2, 0.25) is 0 Å². The summed E-state index contributed by atoms with van der Waals surface area (Å²) in [6, 6.07) is 16.1. The van der Waals surface area contributed by atoms with Crippen LogP contribution in [-0.2, 0) is 4.79 Å². The molecule has 0 spiro atoms. The monoisotopic (exact) mass is 491 g/mol. The molecule has 0 saturated carbocycles. The molecule has 1 fully saturated rings. The number of nitrogens with zero attached hydrogens (tertiary/aromatic N) is 3. The van der Waals surface area contributed by atoms with Gasteiger partial charge in [-0.2, -0.15) is 5.10 Å². The molecule has 4 rings (SSSR count). The van der Waals surface area contributed by atoms with Crippen LogP contribution in [0, 0.1) is 12.8 Å². The first-order valence-electron chi connectivity index (χ1n) is 11.5. The van der Waals surface area contributed by atoms with Crippen LogP contribution in [0.3, 0.4) is 0 Å². The number of amides is 1. The number of aromatic nitrogens is 2. The summed E-state index contributed by atoms with van der Waals surface area (Å²) in [7, 11) is 0. The molecule has 0 N–H and O–H groups in total. The molecule has 1 amide bonds. The lowest BCUT2D eigenvalue weighted by molar-refractivity contribution is -0.121. The Morgan fingerprint density at radius 3 is 2.59 bits per heavy atom. The Bertz CT molecular complexity index is 1230. The number of ether oxygens (including phenoxy) is 1. The Kier molecular flexibility index (Phi) is 7.54. The second-order valence-electron chi connectivity index (χ2n) is 8.65. The molecule has 2 aromatic carbocycles. The van der Waals surface area contributed by atoms with E-state index in [1.807, 2.05) is 66.3 Å². The topological polar surface area (TPSA) is 47.4 Å². The van der Waals surface area contributed by atoms with Crippen molar-refractivity contribution in [1.29, 1.82) is 0 Å². The van der Waals surface area contributed by atoms with Gasteiger partial charge in [0.25, 0.3) is 5.91 Å². The Morgan fingerprint density at radius 2 is 1.94 bits per heavy atom. The second kappa shape index (κ2) is 10.6. The van der Waals surface area contributed by atoms with E-state index in [4.69, 9.17) is 22.1 Å². The van der Waals surface area contributed by atoms with Crippen molar-refractivity contribution in [3.63, 3.8) is 0 Å². The number of aryl methyl sites for hydroxylation is 1. The molecular weight excluding hydrogens is 462 g/mol. The van der Waals surface area contributed by atoms with E-state index >= 15 is 0 Å². The fraction of sp³-hybridized carbons (Fsp3) is 0.296. The molecule has 34 heavy (non-hydrogen) atoms. The lowest BCUT2D eigenvalue weighted by Gasteiger charge is -2.11. The van der Waals surface area contributed by atoms with E-state index in [0.29, 0.717) is 28.3 Å². The summed E-state index contributed by atoms with van der Waals surface area (Å²) in [5.74, 6) is 1.43. The van der Waals surface area contributed by atoms with E-state index < -0.39 is 0 Å². The van der Waals surface area contributed by atoms with Gasteiger partial charge in [-0.15, -0.1) is 0 Å². The van der Waals surface area contributed by atoms with Crippen LogP contribution in [0.25, 0.3) is 23.0 Å². The number of hydrogen-bond donors (Lipinski definition) is 0. The molecule has 0 unspecified atom stereocenters. The van der Waals surface area contributed by atoms with Gasteiger partial charge in [0.15, 0.2) is 0 Å². The minimum absolute atomic E-state index is 0.0546. The van der Waals surface area contributed by atoms with Gasteiger partial charge in [0.05, 0.1) is 17.2 Å². The summed E-state index contributed by atoms with van der Waals surface area (Å²) in [6.07, 6.45) is 4.88. The van der Waals surface area contributed by atoms with Crippen molar-refractivity contribution < 1.29 is 9.53 Å². The molecule has 0 atom stereocenters. The van der Waals surface area contributed by atoms with Crippen LogP contribution in [0.1, 0.15) is 38.3 Å². The first-order chi connectivity index (χ1) is 16.4. The molecule has 0 bridgehead atoms. The molecule has 176 valence electrons. The molecule has 1 aliphatic heterocycles. The largest absolute Gasteiger partial charge is 0.493 e. The maximum absolute atomic E-state index is 12.8.